The number of hydrogen-bond acceptors (Lipinski definition) is 1. The van der Waals surface area contributed by atoms with Gasteiger partial charge in [-0.15, -0.1) is 0 Å². The van der Waals surface area contributed by atoms with Crippen LogP contribution in [0.3, 0.4) is 0 Å². The molecule has 0 aromatic rings. The van der Waals surface area contributed by atoms with Gasteiger partial charge in [-0.05, 0) is 104 Å². The second kappa shape index (κ2) is 8.07. The molecule has 4 aliphatic rings. The highest BCUT2D eigenvalue weighted by atomic mass is 16.1. The van der Waals surface area contributed by atoms with E-state index < -0.39 is 0 Å². The third-order valence-corrected chi connectivity index (χ3v) is 10.9. The van der Waals surface area contributed by atoms with Crippen molar-refractivity contribution >= 4 is 6.29 Å². The van der Waals surface area contributed by atoms with Crippen molar-refractivity contribution in [2.45, 2.75) is 111 Å². The topological polar surface area (TPSA) is 17.1 Å². The van der Waals surface area contributed by atoms with Crippen LogP contribution in [0.5, 0.6) is 0 Å². The van der Waals surface area contributed by atoms with Crippen LogP contribution in [0.1, 0.15) is 111 Å². The number of rotatable bonds is 6. The molecule has 28 heavy (non-hydrogen) atoms. The molecule has 160 valence electrons. The molecular weight excluding hydrogens is 340 g/mol. The number of hydrogen-bond donors (Lipinski definition) is 0. The monoisotopic (exact) mass is 386 g/mol. The quantitative estimate of drug-likeness (QED) is 0.428. The Morgan fingerprint density at radius 2 is 1.64 bits per heavy atom. The number of aldehydes is 1. The molecule has 0 amide bonds. The molecule has 1 unspecified atom stereocenters. The van der Waals surface area contributed by atoms with Crippen LogP contribution in [0.4, 0.5) is 0 Å². The number of carbonyl (C=O) groups is 1. The third kappa shape index (κ3) is 3.41. The lowest BCUT2D eigenvalue weighted by Gasteiger charge is -2.61. The van der Waals surface area contributed by atoms with Crippen LogP contribution in [-0.4, -0.2) is 6.29 Å². The van der Waals surface area contributed by atoms with Gasteiger partial charge in [-0.1, -0.05) is 53.4 Å². The summed E-state index contributed by atoms with van der Waals surface area (Å²) in [6.45, 7) is 10.0. The van der Waals surface area contributed by atoms with E-state index in [1.165, 1.54) is 70.6 Å². The van der Waals surface area contributed by atoms with Gasteiger partial charge >= 0.3 is 0 Å². The maximum Gasteiger partial charge on any atom is 0.122 e. The van der Waals surface area contributed by atoms with Crippen molar-refractivity contribution in [2.24, 2.45) is 52.3 Å². The maximum atomic E-state index is 10.9. The minimum atomic E-state index is 0.251. The molecule has 0 bridgehead atoms. The Morgan fingerprint density at radius 1 is 0.857 bits per heavy atom. The van der Waals surface area contributed by atoms with E-state index in [0.29, 0.717) is 10.8 Å². The lowest BCUT2D eigenvalue weighted by molar-refractivity contribution is -0.114. The second-order valence-corrected chi connectivity index (χ2v) is 12.2. The Labute approximate surface area is 174 Å². The fourth-order valence-electron chi connectivity index (χ4n) is 9.30. The van der Waals surface area contributed by atoms with Crippen molar-refractivity contribution in [1.29, 1.82) is 0 Å². The predicted octanol–water partition coefficient (Wildman–Crippen LogP) is 7.68. The fourth-order valence-corrected chi connectivity index (χ4v) is 9.30. The molecule has 1 heteroatoms. The largest absolute Gasteiger partial charge is 0.303 e. The molecule has 0 saturated heterocycles. The summed E-state index contributed by atoms with van der Waals surface area (Å²) in [5.74, 6) is 6.14. The van der Waals surface area contributed by atoms with Gasteiger partial charge in [0.15, 0.2) is 0 Å². The van der Waals surface area contributed by atoms with E-state index in [4.69, 9.17) is 0 Å². The Morgan fingerprint density at radius 3 is 2.43 bits per heavy atom. The molecule has 0 spiro atoms. The molecule has 4 fully saturated rings. The Bertz CT molecular complexity index is 554. The smallest absolute Gasteiger partial charge is 0.122 e. The molecule has 4 rings (SSSR count). The van der Waals surface area contributed by atoms with Crippen molar-refractivity contribution < 1.29 is 4.79 Å². The molecule has 0 aromatic carbocycles. The average Bonchev–Trinajstić information content (AvgIpc) is 3.04. The summed E-state index contributed by atoms with van der Waals surface area (Å²) in [7, 11) is 0. The number of fused-ring (bicyclic) bond motifs is 5. The minimum Gasteiger partial charge on any atom is -0.303 e. The molecule has 9 atom stereocenters. The van der Waals surface area contributed by atoms with Crippen LogP contribution >= 0.6 is 0 Å². The zero-order valence-electron chi connectivity index (χ0n) is 19.2. The van der Waals surface area contributed by atoms with Gasteiger partial charge in [0.05, 0.1) is 0 Å². The highest BCUT2D eigenvalue weighted by Gasteiger charge is 2.59. The van der Waals surface area contributed by atoms with Crippen molar-refractivity contribution in [3.05, 3.63) is 0 Å². The van der Waals surface area contributed by atoms with E-state index in [-0.39, 0.29) is 5.92 Å². The van der Waals surface area contributed by atoms with Gasteiger partial charge < -0.3 is 4.79 Å². The van der Waals surface area contributed by atoms with E-state index in [0.717, 1.165) is 48.2 Å². The van der Waals surface area contributed by atoms with E-state index in [9.17, 15) is 4.79 Å². The molecule has 0 aliphatic heterocycles. The average molecular weight is 387 g/mol. The predicted molar refractivity (Wildman–Crippen MR) is 118 cm³/mol. The highest BCUT2D eigenvalue weighted by molar-refractivity contribution is 5.52. The van der Waals surface area contributed by atoms with Crippen molar-refractivity contribution in [2.75, 3.05) is 0 Å². The molecule has 1 nitrogen and oxygen atoms in total. The van der Waals surface area contributed by atoms with Crippen molar-refractivity contribution in [3.63, 3.8) is 0 Å². The number of carbonyl (C=O) groups excluding carboxylic acids is 1. The molecule has 0 radical (unpaired) electrons. The molecule has 4 aliphatic carbocycles. The summed E-state index contributed by atoms with van der Waals surface area (Å²) in [4.78, 5) is 10.9. The first-order chi connectivity index (χ1) is 13.4. The Hall–Kier alpha value is -0.330. The summed E-state index contributed by atoms with van der Waals surface area (Å²) >= 11 is 0. The summed E-state index contributed by atoms with van der Waals surface area (Å²) in [6, 6.07) is 0. The van der Waals surface area contributed by atoms with Crippen LogP contribution in [0.25, 0.3) is 0 Å². The third-order valence-electron chi connectivity index (χ3n) is 10.9. The van der Waals surface area contributed by atoms with Gasteiger partial charge in [0.2, 0.25) is 0 Å². The van der Waals surface area contributed by atoms with Gasteiger partial charge in [-0.25, -0.2) is 0 Å². The molecule has 0 N–H and O–H groups in total. The van der Waals surface area contributed by atoms with Gasteiger partial charge in [-0.3, -0.25) is 0 Å². The summed E-state index contributed by atoms with van der Waals surface area (Å²) in [5, 5.41) is 0. The van der Waals surface area contributed by atoms with Crippen LogP contribution in [-0.2, 0) is 4.79 Å². The Kier molecular flexibility index (Phi) is 6.03. The summed E-state index contributed by atoms with van der Waals surface area (Å²) < 4.78 is 0. The zero-order valence-corrected chi connectivity index (χ0v) is 19.2. The first-order valence-corrected chi connectivity index (χ1v) is 12.9. The fraction of sp³-hybridized carbons (Fsp3) is 0.963. The van der Waals surface area contributed by atoms with Gasteiger partial charge in [0.25, 0.3) is 0 Å². The summed E-state index contributed by atoms with van der Waals surface area (Å²) in [5.41, 5.74) is 1.28. The van der Waals surface area contributed by atoms with E-state index in [1.54, 1.807) is 6.42 Å². The van der Waals surface area contributed by atoms with Crippen LogP contribution in [0.15, 0.2) is 0 Å². The van der Waals surface area contributed by atoms with Gasteiger partial charge in [0, 0.05) is 5.92 Å². The minimum absolute atomic E-state index is 0.251. The van der Waals surface area contributed by atoms with Crippen LogP contribution in [0.2, 0.25) is 0 Å². The summed E-state index contributed by atoms with van der Waals surface area (Å²) in [6.07, 6.45) is 20.0. The lowest BCUT2D eigenvalue weighted by Crippen LogP contribution is -2.53. The van der Waals surface area contributed by atoms with Crippen molar-refractivity contribution in [1.82, 2.24) is 0 Å². The normalized spacial score (nSPS) is 47.5. The maximum absolute atomic E-state index is 10.9. The van der Waals surface area contributed by atoms with Crippen molar-refractivity contribution in [3.8, 4) is 0 Å². The molecule has 0 aromatic heterocycles. The van der Waals surface area contributed by atoms with Gasteiger partial charge in [0.1, 0.15) is 6.29 Å². The molecule has 0 heterocycles. The van der Waals surface area contributed by atoms with Gasteiger partial charge in [-0.2, -0.15) is 0 Å². The SMILES string of the molecule is C[C@H](CCC[C@@H](C)C=O)[C@H]1CC[C@H]2[C@@H]3CCC4CCCC[C@]4(C)[C@H]3CC[C@]12C. The standard InChI is InChI=1S/C27H46O/c1-19(18-28)8-7-9-20(2)23-13-14-24-22-12-11-21-10-5-6-16-26(21,3)25(22)15-17-27(23,24)4/h18-25H,5-17H2,1-4H3/t19-,20-,21?,22+,23-,24+,25+,26+,27-/m1/s1. The molecule has 4 saturated carbocycles. The highest BCUT2D eigenvalue weighted by Crippen LogP contribution is 2.68. The lowest BCUT2D eigenvalue weighted by atomic mass is 9.44. The van der Waals surface area contributed by atoms with E-state index in [1.807, 2.05) is 0 Å². The second-order valence-electron chi connectivity index (χ2n) is 12.2. The van der Waals surface area contributed by atoms with Crippen LogP contribution in [0, 0.1) is 52.3 Å². The van der Waals surface area contributed by atoms with Crippen LogP contribution < -0.4 is 0 Å². The molecular formula is C27H46O. The van der Waals surface area contributed by atoms with E-state index in [2.05, 4.69) is 27.7 Å². The zero-order chi connectivity index (χ0) is 19.9. The van der Waals surface area contributed by atoms with E-state index >= 15 is 0 Å². The Balaban J connectivity index is 1.44. The first-order valence-electron chi connectivity index (χ1n) is 12.9. The first kappa shape index (κ1) is 20.9.